The van der Waals surface area contributed by atoms with E-state index in [0.29, 0.717) is 6.61 Å². The highest BCUT2D eigenvalue weighted by Crippen LogP contribution is 2.24. The molecule has 0 aliphatic carbocycles. The fourth-order valence-corrected chi connectivity index (χ4v) is 2.38. The average molecular weight is 348 g/mol. The third-order valence-electron chi connectivity index (χ3n) is 3.18. The van der Waals surface area contributed by atoms with E-state index in [2.05, 4.69) is 21.2 Å². The van der Waals surface area contributed by atoms with Crippen LogP contribution in [-0.4, -0.2) is 12.6 Å². The minimum atomic E-state index is -0.507. The molecule has 1 atom stereocenters. The van der Waals surface area contributed by atoms with Crippen LogP contribution in [-0.2, 0) is 9.53 Å². The number of anilines is 1. The molecule has 0 spiro atoms. The zero-order chi connectivity index (χ0) is 15.2. The highest BCUT2D eigenvalue weighted by atomic mass is 79.9. The largest absolute Gasteiger partial charge is 0.464 e. The lowest BCUT2D eigenvalue weighted by Gasteiger charge is -2.20. The van der Waals surface area contributed by atoms with Crippen LogP contribution in [0.25, 0.3) is 0 Å². The van der Waals surface area contributed by atoms with Crippen LogP contribution in [0, 0.1) is 6.92 Å². The maximum atomic E-state index is 12.3. The summed E-state index contributed by atoms with van der Waals surface area (Å²) < 4.78 is 6.20. The molecule has 0 saturated carbocycles. The third kappa shape index (κ3) is 4.08. The van der Waals surface area contributed by atoms with Crippen LogP contribution in [0.4, 0.5) is 5.69 Å². The van der Waals surface area contributed by atoms with Gasteiger partial charge in [-0.3, -0.25) is 0 Å². The smallest absolute Gasteiger partial charge is 0.333 e. The lowest BCUT2D eigenvalue weighted by atomic mass is 10.0. The highest BCUT2D eigenvalue weighted by molar-refractivity contribution is 9.10. The van der Waals surface area contributed by atoms with Crippen LogP contribution in [0.5, 0.6) is 0 Å². The first-order valence-electron chi connectivity index (χ1n) is 6.86. The molecule has 1 N–H and O–H groups in total. The number of nitrogens with one attached hydrogen (secondary N) is 1. The maximum absolute atomic E-state index is 12.3. The van der Waals surface area contributed by atoms with Crippen molar-refractivity contribution in [2.24, 2.45) is 0 Å². The molecule has 0 aromatic heterocycles. The molecule has 0 bridgehead atoms. The van der Waals surface area contributed by atoms with E-state index >= 15 is 0 Å². The van der Waals surface area contributed by atoms with Gasteiger partial charge in [-0.05, 0) is 49.2 Å². The van der Waals surface area contributed by atoms with Crippen molar-refractivity contribution in [1.29, 1.82) is 0 Å². The van der Waals surface area contributed by atoms with E-state index in [9.17, 15) is 4.79 Å². The summed E-state index contributed by atoms with van der Waals surface area (Å²) in [6.07, 6.45) is 0. The standard InChI is InChI=1S/C17H18BrNO2/c1-3-21-17(20)16(15-7-5-4-6-12(15)2)19-14-10-8-13(18)9-11-14/h4-11,16,19H,3H2,1-2H3. The molecule has 4 heteroatoms. The molecule has 21 heavy (non-hydrogen) atoms. The topological polar surface area (TPSA) is 38.3 Å². The second-order valence-corrected chi connectivity index (χ2v) is 5.61. The summed E-state index contributed by atoms with van der Waals surface area (Å²) in [5, 5.41) is 3.25. The Morgan fingerprint density at radius 1 is 1.19 bits per heavy atom. The molecular weight excluding hydrogens is 330 g/mol. The normalized spacial score (nSPS) is 11.8. The molecule has 2 aromatic rings. The number of hydrogen-bond donors (Lipinski definition) is 1. The lowest BCUT2D eigenvalue weighted by molar-refractivity contribution is -0.144. The van der Waals surface area contributed by atoms with Gasteiger partial charge in [0.15, 0.2) is 6.04 Å². The van der Waals surface area contributed by atoms with Crippen molar-refractivity contribution in [3.05, 3.63) is 64.1 Å². The number of carbonyl (C=O) groups excluding carboxylic acids is 1. The Labute approximate surface area is 133 Å². The van der Waals surface area contributed by atoms with E-state index in [4.69, 9.17) is 4.74 Å². The summed E-state index contributed by atoms with van der Waals surface area (Å²) in [7, 11) is 0. The Morgan fingerprint density at radius 3 is 2.48 bits per heavy atom. The first kappa shape index (κ1) is 15.6. The lowest BCUT2D eigenvalue weighted by Crippen LogP contribution is -2.24. The number of carbonyl (C=O) groups is 1. The molecule has 0 aliphatic heterocycles. The molecule has 2 rings (SSSR count). The van der Waals surface area contributed by atoms with Crippen molar-refractivity contribution in [3.63, 3.8) is 0 Å². The molecule has 0 fully saturated rings. The van der Waals surface area contributed by atoms with Crippen LogP contribution in [0.15, 0.2) is 53.0 Å². The van der Waals surface area contributed by atoms with Crippen LogP contribution >= 0.6 is 15.9 Å². The van der Waals surface area contributed by atoms with Gasteiger partial charge < -0.3 is 10.1 Å². The number of esters is 1. The summed E-state index contributed by atoms with van der Waals surface area (Å²) in [5.74, 6) is -0.269. The summed E-state index contributed by atoms with van der Waals surface area (Å²) in [6, 6.07) is 15.0. The Morgan fingerprint density at radius 2 is 1.86 bits per heavy atom. The number of aryl methyl sites for hydroxylation is 1. The second kappa shape index (κ2) is 7.27. The predicted octanol–water partition coefficient (Wildman–Crippen LogP) is 4.47. The number of rotatable bonds is 5. The van der Waals surface area contributed by atoms with Crippen molar-refractivity contribution in [1.82, 2.24) is 0 Å². The van der Waals surface area contributed by atoms with Gasteiger partial charge in [-0.1, -0.05) is 40.2 Å². The maximum Gasteiger partial charge on any atom is 0.333 e. The molecule has 110 valence electrons. The van der Waals surface area contributed by atoms with Crippen molar-refractivity contribution < 1.29 is 9.53 Å². The van der Waals surface area contributed by atoms with Gasteiger partial charge in [-0.15, -0.1) is 0 Å². The first-order valence-corrected chi connectivity index (χ1v) is 7.65. The van der Waals surface area contributed by atoms with Crippen LogP contribution < -0.4 is 5.32 Å². The van der Waals surface area contributed by atoms with Crippen LogP contribution in [0.1, 0.15) is 24.1 Å². The molecule has 1 unspecified atom stereocenters. The molecular formula is C17H18BrNO2. The number of benzene rings is 2. The third-order valence-corrected chi connectivity index (χ3v) is 3.71. The minimum absolute atomic E-state index is 0.269. The van der Waals surface area contributed by atoms with Crippen LogP contribution in [0.3, 0.4) is 0 Å². The van der Waals surface area contributed by atoms with Gasteiger partial charge in [0.05, 0.1) is 6.61 Å². The van der Waals surface area contributed by atoms with E-state index < -0.39 is 6.04 Å². The zero-order valence-electron chi connectivity index (χ0n) is 12.1. The molecule has 3 nitrogen and oxygen atoms in total. The number of hydrogen-bond acceptors (Lipinski definition) is 3. The van der Waals surface area contributed by atoms with Crippen molar-refractivity contribution in [2.75, 3.05) is 11.9 Å². The fourth-order valence-electron chi connectivity index (χ4n) is 2.11. The van der Waals surface area contributed by atoms with E-state index in [1.807, 2.05) is 62.4 Å². The van der Waals surface area contributed by atoms with E-state index in [0.717, 1.165) is 21.3 Å². The summed E-state index contributed by atoms with van der Waals surface area (Å²) >= 11 is 3.40. The monoisotopic (exact) mass is 347 g/mol. The molecule has 0 amide bonds. The number of halogens is 1. The van der Waals surface area contributed by atoms with E-state index in [1.165, 1.54) is 0 Å². The average Bonchev–Trinajstić information content (AvgIpc) is 2.48. The highest BCUT2D eigenvalue weighted by Gasteiger charge is 2.23. The van der Waals surface area contributed by atoms with Gasteiger partial charge in [0.2, 0.25) is 0 Å². The Bertz CT molecular complexity index is 610. The predicted molar refractivity (Wildman–Crippen MR) is 88.3 cm³/mol. The van der Waals surface area contributed by atoms with Crippen molar-refractivity contribution in [3.8, 4) is 0 Å². The molecule has 0 aliphatic rings. The van der Waals surface area contributed by atoms with Gasteiger partial charge in [0.1, 0.15) is 0 Å². The molecule has 2 aromatic carbocycles. The molecule has 0 saturated heterocycles. The quantitative estimate of drug-likeness (QED) is 0.810. The summed E-state index contributed by atoms with van der Waals surface area (Å²) in [4.78, 5) is 12.3. The van der Waals surface area contributed by atoms with Gasteiger partial charge in [-0.25, -0.2) is 4.79 Å². The van der Waals surface area contributed by atoms with E-state index in [1.54, 1.807) is 0 Å². The number of ether oxygens (including phenoxy) is 1. The SMILES string of the molecule is CCOC(=O)C(Nc1ccc(Br)cc1)c1ccccc1C. The Balaban J connectivity index is 2.30. The van der Waals surface area contributed by atoms with E-state index in [-0.39, 0.29) is 5.97 Å². The minimum Gasteiger partial charge on any atom is -0.464 e. The summed E-state index contributed by atoms with van der Waals surface area (Å²) in [5.41, 5.74) is 2.86. The molecule has 0 heterocycles. The van der Waals surface area contributed by atoms with Gasteiger partial charge in [0, 0.05) is 10.2 Å². The van der Waals surface area contributed by atoms with Gasteiger partial charge in [0.25, 0.3) is 0 Å². The van der Waals surface area contributed by atoms with Gasteiger partial charge in [-0.2, -0.15) is 0 Å². The van der Waals surface area contributed by atoms with Crippen molar-refractivity contribution in [2.45, 2.75) is 19.9 Å². The Kier molecular flexibility index (Phi) is 5.39. The second-order valence-electron chi connectivity index (χ2n) is 4.69. The van der Waals surface area contributed by atoms with Gasteiger partial charge >= 0.3 is 5.97 Å². The fraction of sp³-hybridized carbons (Fsp3) is 0.235. The zero-order valence-corrected chi connectivity index (χ0v) is 13.7. The molecule has 0 radical (unpaired) electrons. The Hall–Kier alpha value is -1.81. The first-order chi connectivity index (χ1) is 10.1. The van der Waals surface area contributed by atoms with Crippen molar-refractivity contribution >= 4 is 27.6 Å². The van der Waals surface area contributed by atoms with Crippen LogP contribution in [0.2, 0.25) is 0 Å². The summed E-state index contributed by atoms with van der Waals surface area (Å²) in [6.45, 7) is 4.17.